The SMILES string of the molecule is CC1(N)CCCCCCCCCCCCCCCCCCCC2(N)C1(N)C1(C)CCCCCCCCCCCCCCCC12C1(C)CCCCCCCCCCCCCCC1. The van der Waals surface area contributed by atoms with Crippen LogP contribution in [0.5, 0.6) is 0 Å². The van der Waals surface area contributed by atoms with Gasteiger partial charge < -0.3 is 17.2 Å². The number of nitrogens with two attached hydrogens (primary N) is 3. The van der Waals surface area contributed by atoms with Crippen molar-refractivity contribution >= 4 is 0 Å². The van der Waals surface area contributed by atoms with Crippen molar-refractivity contribution in [3.05, 3.63) is 0 Å². The monoisotopic (exact) mass is 852 g/mol. The first kappa shape index (κ1) is 53.5. The molecule has 0 aliphatic heterocycles. The Bertz CT molecular complexity index is 1080. The molecular weight excluding hydrogens is 739 g/mol. The molecule has 0 radical (unpaired) electrons. The topological polar surface area (TPSA) is 78.1 Å². The summed E-state index contributed by atoms with van der Waals surface area (Å²) in [5, 5.41) is 0. The van der Waals surface area contributed by atoms with Crippen molar-refractivity contribution in [3.63, 3.8) is 0 Å². The summed E-state index contributed by atoms with van der Waals surface area (Å²) in [6, 6.07) is 0. The lowest BCUT2D eigenvalue weighted by atomic mass is 9.20. The van der Waals surface area contributed by atoms with Crippen molar-refractivity contribution in [3.8, 4) is 0 Å². The Morgan fingerprint density at radius 1 is 0.230 bits per heavy atom. The second-order valence-electron chi connectivity index (χ2n) is 23.7. The molecule has 3 nitrogen and oxygen atoms in total. The number of hydrogen-bond acceptors (Lipinski definition) is 3. The van der Waals surface area contributed by atoms with E-state index in [0.29, 0.717) is 0 Å². The Balaban J connectivity index is 1.78. The van der Waals surface area contributed by atoms with Gasteiger partial charge in [-0.1, -0.05) is 290 Å². The molecule has 4 aliphatic carbocycles. The van der Waals surface area contributed by atoms with Crippen molar-refractivity contribution in [2.24, 2.45) is 33.4 Å². The van der Waals surface area contributed by atoms with E-state index in [1.807, 2.05) is 0 Å². The minimum atomic E-state index is -0.592. The molecule has 0 saturated heterocycles. The van der Waals surface area contributed by atoms with Gasteiger partial charge in [-0.3, -0.25) is 0 Å². The van der Waals surface area contributed by atoms with Crippen LogP contribution in [0.25, 0.3) is 0 Å². The van der Waals surface area contributed by atoms with Crippen LogP contribution in [0.15, 0.2) is 0 Å². The highest BCUT2D eigenvalue weighted by Gasteiger charge is 2.87. The first-order valence-electron chi connectivity index (χ1n) is 29.0. The van der Waals surface area contributed by atoms with Crippen LogP contribution in [0.3, 0.4) is 0 Å². The summed E-state index contributed by atoms with van der Waals surface area (Å²) in [5.74, 6) is 0. The highest BCUT2D eigenvalue weighted by atomic mass is 15.1. The lowest BCUT2D eigenvalue weighted by molar-refractivity contribution is -0.320. The zero-order valence-corrected chi connectivity index (χ0v) is 42.4. The van der Waals surface area contributed by atoms with Gasteiger partial charge in [-0.2, -0.15) is 0 Å². The van der Waals surface area contributed by atoms with E-state index in [4.69, 9.17) is 17.2 Å². The van der Waals surface area contributed by atoms with E-state index < -0.39 is 16.6 Å². The van der Waals surface area contributed by atoms with E-state index in [1.54, 1.807) is 0 Å². The summed E-state index contributed by atoms with van der Waals surface area (Å²) < 4.78 is 0. The van der Waals surface area contributed by atoms with Crippen LogP contribution >= 0.6 is 0 Å². The van der Waals surface area contributed by atoms with Gasteiger partial charge in [0.05, 0.1) is 5.54 Å². The fraction of sp³-hybridized carbons (Fsp3) is 1.00. The molecule has 4 saturated carbocycles. The molecule has 0 heterocycles. The molecule has 360 valence electrons. The Labute approximate surface area is 384 Å². The number of rotatable bonds is 1. The van der Waals surface area contributed by atoms with Gasteiger partial charge in [0.15, 0.2) is 0 Å². The van der Waals surface area contributed by atoms with Crippen LogP contribution in [-0.4, -0.2) is 16.6 Å². The van der Waals surface area contributed by atoms with Gasteiger partial charge in [-0.25, -0.2) is 0 Å². The maximum absolute atomic E-state index is 8.73. The van der Waals surface area contributed by atoms with Crippen molar-refractivity contribution in [2.75, 3.05) is 0 Å². The fourth-order valence-corrected chi connectivity index (χ4v) is 15.6. The summed E-state index contributed by atoms with van der Waals surface area (Å²) in [6.45, 7) is 7.98. The lowest BCUT2D eigenvalue weighted by Crippen LogP contribution is -3.01. The number of hydrogen-bond donors (Lipinski definition) is 3. The molecule has 4 rings (SSSR count). The highest BCUT2D eigenvalue weighted by Crippen LogP contribution is 2.81. The zero-order chi connectivity index (χ0) is 43.6. The normalized spacial score (nSPS) is 36.9. The lowest BCUT2D eigenvalue weighted by Gasteiger charge is -2.87. The molecule has 4 fully saturated rings. The third kappa shape index (κ3) is 14.4. The van der Waals surface area contributed by atoms with Gasteiger partial charge in [0.25, 0.3) is 0 Å². The minimum Gasteiger partial charge on any atom is -0.324 e. The van der Waals surface area contributed by atoms with Crippen molar-refractivity contribution in [1.29, 1.82) is 0 Å². The highest BCUT2D eigenvalue weighted by molar-refractivity contribution is 5.44. The predicted molar refractivity (Wildman–Crippen MR) is 271 cm³/mol. The molecule has 0 aromatic rings. The molecule has 5 unspecified atom stereocenters. The predicted octanol–water partition coefficient (Wildman–Crippen LogP) is 18.3. The molecule has 61 heavy (non-hydrogen) atoms. The van der Waals surface area contributed by atoms with E-state index >= 15 is 0 Å². The smallest absolute Gasteiger partial charge is 0.0582 e. The first-order valence-corrected chi connectivity index (χ1v) is 29.0. The molecule has 3 heteroatoms. The van der Waals surface area contributed by atoms with Crippen molar-refractivity contribution in [2.45, 2.75) is 352 Å². The third-order valence-electron chi connectivity index (χ3n) is 19.2. The Kier molecular flexibility index (Phi) is 25.3. The standard InChI is InChI=1S/C58H113N3/c1-53(47-41-35-29-23-17-11-9-12-18-24-30-36-42-48-53)56-51-45-39-33-27-21-15-10-13-19-25-31-37-43-49-54(56,2)58(61)55(3,59)50-44-38-32-26-20-14-7-5-4-6-8-16-22-28-34-40-46-52-57(56,58)60/h4-52,59-61H2,1-3H3. The Morgan fingerprint density at radius 3 is 0.738 bits per heavy atom. The van der Waals surface area contributed by atoms with Crippen LogP contribution in [0.4, 0.5) is 0 Å². The molecule has 6 N–H and O–H groups in total. The van der Waals surface area contributed by atoms with Crippen molar-refractivity contribution < 1.29 is 0 Å². The number of fused-ring (bicyclic) bond motifs is 4. The largest absolute Gasteiger partial charge is 0.324 e. The minimum absolute atomic E-state index is 0.00443. The van der Waals surface area contributed by atoms with E-state index in [0.717, 1.165) is 12.8 Å². The molecular formula is C58H113N3. The summed E-state index contributed by atoms with van der Waals surface area (Å²) in [4.78, 5) is 0. The van der Waals surface area contributed by atoms with E-state index in [2.05, 4.69) is 20.8 Å². The summed E-state index contributed by atoms with van der Waals surface area (Å²) in [7, 11) is 0. The molecule has 0 amide bonds. The average molecular weight is 853 g/mol. The van der Waals surface area contributed by atoms with Gasteiger partial charge in [0, 0.05) is 16.5 Å². The molecule has 0 spiro atoms. The summed E-state index contributed by atoms with van der Waals surface area (Å²) in [5.41, 5.74) is 23.9. The van der Waals surface area contributed by atoms with Gasteiger partial charge in [0.2, 0.25) is 0 Å². The first-order chi connectivity index (χ1) is 29.6. The Hall–Kier alpha value is -0.120. The third-order valence-corrected chi connectivity index (χ3v) is 19.2. The second-order valence-corrected chi connectivity index (χ2v) is 23.7. The zero-order valence-electron chi connectivity index (χ0n) is 42.4. The quantitative estimate of drug-likeness (QED) is 0.246. The van der Waals surface area contributed by atoms with Crippen LogP contribution in [0, 0.1) is 16.2 Å². The fourth-order valence-electron chi connectivity index (χ4n) is 15.6. The molecule has 0 aromatic heterocycles. The van der Waals surface area contributed by atoms with Crippen LogP contribution < -0.4 is 17.2 Å². The second kappa shape index (κ2) is 28.8. The summed E-state index contributed by atoms with van der Waals surface area (Å²) in [6.07, 6.45) is 67.2. The van der Waals surface area contributed by atoms with Gasteiger partial charge in [0.1, 0.15) is 0 Å². The van der Waals surface area contributed by atoms with Gasteiger partial charge in [-0.15, -0.1) is 0 Å². The van der Waals surface area contributed by atoms with Crippen molar-refractivity contribution in [1.82, 2.24) is 0 Å². The van der Waals surface area contributed by atoms with Crippen LogP contribution in [0.1, 0.15) is 335 Å². The maximum Gasteiger partial charge on any atom is 0.0582 e. The van der Waals surface area contributed by atoms with E-state index in [9.17, 15) is 0 Å². The molecule has 0 bridgehead atoms. The van der Waals surface area contributed by atoms with Gasteiger partial charge >= 0.3 is 0 Å². The molecule has 0 aromatic carbocycles. The van der Waals surface area contributed by atoms with Gasteiger partial charge in [-0.05, 0) is 56.3 Å². The average Bonchev–Trinajstić information content (AvgIpc) is 3.24. The van der Waals surface area contributed by atoms with E-state index in [1.165, 1.54) is 302 Å². The van der Waals surface area contributed by atoms with Crippen LogP contribution in [0.2, 0.25) is 0 Å². The van der Waals surface area contributed by atoms with E-state index in [-0.39, 0.29) is 16.2 Å². The summed E-state index contributed by atoms with van der Waals surface area (Å²) >= 11 is 0. The molecule has 4 aliphatic rings. The van der Waals surface area contributed by atoms with Crippen LogP contribution in [-0.2, 0) is 0 Å². The Morgan fingerprint density at radius 2 is 0.443 bits per heavy atom. The maximum atomic E-state index is 8.73. The molecule has 5 atom stereocenters.